The number of urea groups is 1. The Bertz CT molecular complexity index is 1460. The number of para-hydroxylation sites is 2. The first-order valence-corrected chi connectivity index (χ1v) is 11.6. The molecular weight excluding hydrogens is 429 g/mol. The molecule has 2 aliphatic heterocycles. The van der Waals surface area contributed by atoms with Crippen LogP contribution in [-0.4, -0.2) is 28.4 Å². The average molecular weight is 454 g/mol. The largest absolute Gasteiger partial charge is 0.356 e. The van der Waals surface area contributed by atoms with Crippen LogP contribution in [0.15, 0.2) is 72.8 Å². The fourth-order valence-electron chi connectivity index (χ4n) is 5.52. The van der Waals surface area contributed by atoms with Crippen LogP contribution in [0.2, 0.25) is 0 Å². The minimum Gasteiger partial charge on any atom is -0.356 e. The Morgan fingerprint density at radius 3 is 2.44 bits per heavy atom. The quantitative estimate of drug-likeness (QED) is 0.405. The van der Waals surface area contributed by atoms with Crippen LogP contribution in [0, 0.1) is 5.82 Å². The van der Waals surface area contributed by atoms with Gasteiger partial charge in [-0.1, -0.05) is 61.5 Å². The molecule has 170 valence electrons. The fraction of sp³-hybridized carbons (Fsp3) is 0.214. The topological polar surface area (TPSA) is 56.4 Å². The summed E-state index contributed by atoms with van der Waals surface area (Å²) < 4.78 is 14.7. The molecule has 0 radical (unpaired) electrons. The van der Waals surface area contributed by atoms with Gasteiger partial charge >= 0.3 is 6.03 Å². The van der Waals surface area contributed by atoms with Gasteiger partial charge in [-0.3, -0.25) is 4.79 Å². The number of amides is 3. The third kappa shape index (κ3) is 2.65. The first-order valence-electron chi connectivity index (χ1n) is 11.6. The summed E-state index contributed by atoms with van der Waals surface area (Å²) in [4.78, 5) is 33.6. The number of nitrogens with one attached hydrogen (secondary N) is 1. The SMILES string of the molecule is CCc1ccc(C2CN3C(=O)N(c4ccccc4F)C(=O)[C@]3(C)c3[nH]c4ccccc4c32)cc1. The van der Waals surface area contributed by atoms with E-state index >= 15 is 0 Å². The molecule has 6 rings (SSSR count). The van der Waals surface area contributed by atoms with Gasteiger partial charge in [-0.05, 0) is 48.2 Å². The molecule has 1 saturated heterocycles. The van der Waals surface area contributed by atoms with Gasteiger partial charge in [0, 0.05) is 23.4 Å². The van der Waals surface area contributed by atoms with Crippen molar-refractivity contribution in [2.45, 2.75) is 31.7 Å². The highest BCUT2D eigenvalue weighted by molar-refractivity contribution is 6.23. The van der Waals surface area contributed by atoms with Crippen LogP contribution in [0.5, 0.6) is 0 Å². The summed E-state index contributed by atoms with van der Waals surface area (Å²) >= 11 is 0. The zero-order chi connectivity index (χ0) is 23.6. The molecule has 5 nitrogen and oxygen atoms in total. The number of aryl methyl sites for hydroxylation is 1. The zero-order valence-electron chi connectivity index (χ0n) is 19.0. The molecule has 0 aliphatic carbocycles. The second-order valence-corrected chi connectivity index (χ2v) is 9.16. The third-order valence-electron chi connectivity index (χ3n) is 7.41. The van der Waals surface area contributed by atoms with Gasteiger partial charge in [-0.2, -0.15) is 0 Å². The number of imide groups is 1. The molecule has 4 aromatic rings. The molecule has 1 aromatic heterocycles. The number of aromatic amines is 1. The van der Waals surface area contributed by atoms with Crippen molar-refractivity contribution < 1.29 is 14.0 Å². The maximum atomic E-state index is 14.7. The third-order valence-corrected chi connectivity index (χ3v) is 7.41. The first kappa shape index (κ1) is 20.7. The van der Waals surface area contributed by atoms with Crippen LogP contribution in [0.25, 0.3) is 10.9 Å². The van der Waals surface area contributed by atoms with Gasteiger partial charge in [0.2, 0.25) is 0 Å². The number of hydrogen-bond acceptors (Lipinski definition) is 2. The van der Waals surface area contributed by atoms with Crippen molar-refractivity contribution in [2.24, 2.45) is 0 Å². The summed E-state index contributed by atoms with van der Waals surface area (Å²) in [6.45, 7) is 4.20. The van der Waals surface area contributed by atoms with E-state index in [4.69, 9.17) is 0 Å². The van der Waals surface area contributed by atoms with Crippen LogP contribution in [0.4, 0.5) is 14.9 Å². The molecule has 0 spiro atoms. The molecule has 1 unspecified atom stereocenters. The lowest BCUT2D eigenvalue weighted by Gasteiger charge is -2.40. The average Bonchev–Trinajstić information content (AvgIpc) is 3.34. The van der Waals surface area contributed by atoms with E-state index in [1.54, 1.807) is 24.0 Å². The standard InChI is InChI=1S/C28H24FN3O2/c1-3-17-12-14-18(15-13-17)20-16-31-27(34)32(23-11-7-5-9-21(23)29)26(33)28(31,2)25-24(20)19-8-4-6-10-22(19)30-25/h4-15,20,30H,3,16H2,1-2H3/t20?,28-/m0/s1. The number of benzene rings is 3. The number of rotatable bonds is 3. The van der Waals surface area contributed by atoms with Crippen LogP contribution in [0.1, 0.15) is 42.1 Å². The van der Waals surface area contributed by atoms with E-state index in [9.17, 15) is 14.0 Å². The summed E-state index contributed by atoms with van der Waals surface area (Å²) in [5.74, 6) is -1.17. The number of H-pyrrole nitrogens is 1. The molecule has 2 aliphatic rings. The Morgan fingerprint density at radius 1 is 1.00 bits per heavy atom. The summed E-state index contributed by atoms with van der Waals surface area (Å²) in [6.07, 6.45) is 0.943. The Morgan fingerprint density at radius 2 is 1.71 bits per heavy atom. The van der Waals surface area contributed by atoms with Crippen molar-refractivity contribution in [3.63, 3.8) is 0 Å². The molecule has 2 atom stereocenters. The second-order valence-electron chi connectivity index (χ2n) is 9.16. The first-order chi connectivity index (χ1) is 16.4. The van der Waals surface area contributed by atoms with Crippen LogP contribution < -0.4 is 4.90 Å². The van der Waals surface area contributed by atoms with Crippen molar-refractivity contribution in [1.29, 1.82) is 0 Å². The van der Waals surface area contributed by atoms with Crippen molar-refractivity contribution in [1.82, 2.24) is 9.88 Å². The number of carbonyl (C=O) groups excluding carboxylic acids is 2. The maximum absolute atomic E-state index is 14.7. The van der Waals surface area contributed by atoms with Crippen molar-refractivity contribution in [2.75, 3.05) is 11.4 Å². The van der Waals surface area contributed by atoms with Gasteiger partial charge in [0.05, 0.1) is 11.4 Å². The number of nitrogens with zero attached hydrogens (tertiary/aromatic N) is 2. The maximum Gasteiger partial charge on any atom is 0.332 e. The predicted molar refractivity (Wildman–Crippen MR) is 129 cm³/mol. The highest BCUT2D eigenvalue weighted by Crippen LogP contribution is 2.50. The van der Waals surface area contributed by atoms with Crippen molar-refractivity contribution in [3.05, 3.63) is 101 Å². The molecule has 34 heavy (non-hydrogen) atoms. The molecule has 3 heterocycles. The van der Waals surface area contributed by atoms with Crippen LogP contribution in [-0.2, 0) is 16.8 Å². The van der Waals surface area contributed by atoms with E-state index in [-0.39, 0.29) is 11.6 Å². The molecule has 1 fully saturated rings. The minimum absolute atomic E-state index is 0.0189. The van der Waals surface area contributed by atoms with E-state index in [1.165, 1.54) is 17.7 Å². The lowest BCUT2D eigenvalue weighted by Crippen LogP contribution is -2.50. The lowest BCUT2D eigenvalue weighted by atomic mass is 9.78. The molecule has 6 heteroatoms. The Labute approximate surface area is 196 Å². The molecule has 0 saturated carbocycles. The molecular formula is C28H24FN3O2. The van der Waals surface area contributed by atoms with Gasteiger partial charge in [-0.25, -0.2) is 14.1 Å². The van der Waals surface area contributed by atoms with Gasteiger partial charge in [0.15, 0.2) is 5.54 Å². The second kappa shape index (κ2) is 7.29. The van der Waals surface area contributed by atoms with Crippen LogP contribution in [0.3, 0.4) is 0 Å². The molecule has 3 amide bonds. The molecule has 1 N–H and O–H groups in total. The molecule has 3 aromatic carbocycles. The zero-order valence-corrected chi connectivity index (χ0v) is 19.0. The monoisotopic (exact) mass is 453 g/mol. The Hall–Kier alpha value is -3.93. The summed E-state index contributed by atoms with van der Waals surface area (Å²) in [7, 11) is 0. The minimum atomic E-state index is -1.26. The number of hydrogen-bond donors (Lipinski definition) is 1. The molecule has 0 bridgehead atoms. The summed E-state index contributed by atoms with van der Waals surface area (Å²) in [5, 5.41) is 1.03. The normalized spacial score (nSPS) is 21.8. The summed E-state index contributed by atoms with van der Waals surface area (Å²) in [6, 6.07) is 21.8. The van der Waals surface area contributed by atoms with Crippen LogP contribution >= 0.6 is 0 Å². The van der Waals surface area contributed by atoms with E-state index in [0.29, 0.717) is 12.2 Å². The highest BCUT2D eigenvalue weighted by Gasteiger charge is 2.61. The number of fused-ring (bicyclic) bond motifs is 5. The van der Waals surface area contributed by atoms with E-state index in [1.807, 2.05) is 24.3 Å². The number of aromatic nitrogens is 1. The van der Waals surface area contributed by atoms with Crippen molar-refractivity contribution in [3.8, 4) is 0 Å². The lowest BCUT2D eigenvalue weighted by molar-refractivity contribution is -0.125. The number of halogens is 1. The smallest absolute Gasteiger partial charge is 0.332 e. The Balaban J connectivity index is 1.58. The number of anilines is 1. The van der Waals surface area contributed by atoms with Gasteiger partial charge in [-0.15, -0.1) is 0 Å². The van der Waals surface area contributed by atoms with E-state index in [0.717, 1.165) is 33.4 Å². The summed E-state index contributed by atoms with van der Waals surface area (Å²) in [5.41, 5.74) is 3.67. The van der Waals surface area contributed by atoms with Gasteiger partial charge < -0.3 is 9.88 Å². The number of carbonyl (C=O) groups is 2. The van der Waals surface area contributed by atoms with E-state index < -0.39 is 23.3 Å². The van der Waals surface area contributed by atoms with Gasteiger partial charge in [0.25, 0.3) is 5.91 Å². The fourth-order valence-corrected chi connectivity index (χ4v) is 5.52. The van der Waals surface area contributed by atoms with Gasteiger partial charge in [0.1, 0.15) is 5.82 Å². The van der Waals surface area contributed by atoms with E-state index in [2.05, 4.69) is 36.2 Å². The van der Waals surface area contributed by atoms with Crippen molar-refractivity contribution >= 4 is 28.5 Å². The predicted octanol–water partition coefficient (Wildman–Crippen LogP) is 5.70. The Kier molecular flexibility index (Phi) is 4.43. The highest BCUT2D eigenvalue weighted by atomic mass is 19.1.